The second kappa shape index (κ2) is 8.20. The van der Waals surface area contributed by atoms with E-state index in [-0.39, 0.29) is 17.4 Å². The molecular weight excluding hydrogens is 396 g/mol. The minimum atomic E-state index is -0.169. The molecule has 152 valence electrons. The van der Waals surface area contributed by atoms with E-state index in [1.54, 1.807) is 11.8 Å². The normalized spacial score (nSPS) is 11.2. The van der Waals surface area contributed by atoms with Crippen molar-refractivity contribution in [1.29, 1.82) is 0 Å². The lowest BCUT2D eigenvalue weighted by Gasteiger charge is -2.11. The molecule has 0 saturated carbocycles. The Hall–Kier alpha value is -3.32. The molecule has 2 aromatic heterocycles. The Labute approximate surface area is 178 Å². The average Bonchev–Trinajstić information content (AvgIpc) is 3.11. The molecule has 0 aliphatic rings. The van der Waals surface area contributed by atoms with E-state index in [1.807, 2.05) is 68.4 Å². The van der Waals surface area contributed by atoms with Gasteiger partial charge in [-0.1, -0.05) is 43.8 Å². The monoisotopic (exact) mass is 418 g/mol. The number of para-hydroxylation sites is 1. The number of rotatable bonds is 5. The first-order chi connectivity index (χ1) is 14.4. The molecule has 30 heavy (non-hydrogen) atoms. The number of amides is 1. The van der Waals surface area contributed by atoms with Crippen LogP contribution in [0.15, 0.2) is 69.2 Å². The predicted octanol–water partition coefficient (Wildman–Crippen LogP) is 5.15. The third kappa shape index (κ3) is 4.02. The first-order valence-electron chi connectivity index (χ1n) is 9.68. The van der Waals surface area contributed by atoms with Gasteiger partial charge in [-0.25, -0.2) is 4.98 Å². The summed E-state index contributed by atoms with van der Waals surface area (Å²) in [6.45, 7) is 5.56. The fourth-order valence-corrected chi connectivity index (χ4v) is 4.33. The number of aromatic amines is 2. The highest BCUT2D eigenvalue weighted by molar-refractivity contribution is 7.99. The summed E-state index contributed by atoms with van der Waals surface area (Å²) in [7, 11) is 0. The molecule has 3 N–H and O–H groups in total. The standard InChI is InChI=1S/C23H22N4O2S/c1-13(2)22-21(23(29)27-26-22)19-12-20(17-6-4-5-7-18(17)25-19)30-16-10-8-15(9-11-16)24-14(3)28/h4-13H,1-3H3,(H,24,28)(H2,26,27,29). The number of carbonyl (C=O) groups is 1. The topological polar surface area (TPSA) is 90.6 Å². The van der Waals surface area contributed by atoms with Crippen molar-refractivity contribution in [2.45, 2.75) is 36.5 Å². The van der Waals surface area contributed by atoms with Crippen LogP contribution in [0.3, 0.4) is 0 Å². The summed E-state index contributed by atoms with van der Waals surface area (Å²) in [5.41, 5.74) is 3.50. The Kier molecular flexibility index (Phi) is 5.46. The molecule has 7 heteroatoms. The van der Waals surface area contributed by atoms with Crippen LogP contribution in [0.1, 0.15) is 32.4 Å². The molecule has 0 saturated heterocycles. The molecule has 0 atom stereocenters. The van der Waals surface area contributed by atoms with Gasteiger partial charge < -0.3 is 10.4 Å². The van der Waals surface area contributed by atoms with Crippen LogP contribution >= 0.6 is 11.8 Å². The molecule has 2 aromatic carbocycles. The molecule has 0 fully saturated rings. The van der Waals surface area contributed by atoms with E-state index in [0.717, 1.165) is 32.1 Å². The van der Waals surface area contributed by atoms with E-state index in [1.165, 1.54) is 6.92 Å². The number of hydrogen-bond donors (Lipinski definition) is 3. The number of pyridine rings is 1. The molecule has 4 aromatic rings. The molecular formula is C23H22N4O2S. The number of anilines is 1. The fourth-order valence-electron chi connectivity index (χ4n) is 3.35. The number of H-pyrrole nitrogens is 2. The van der Waals surface area contributed by atoms with Gasteiger partial charge in [0.1, 0.15) is 0 Å². The number of nitrogens with one attached hydrogen (secondary N) is 3. The van der Waals surface area contributed by atoms with E-state index in [0.29, 0.717) is 11.3 Å². The minimum Gasteiger partial charge on any atom is -0.326 e. The summed E-state index contributed by atoms with van der Waals surface area (Å²) in [4.78, 5) is 30.6. The molecule has 2 heterocycles. The molecule has 0 bridgehead atoms. The first kappa shape index (κ1) is 20.0. The number of benzene rings is 2. The van der Waals surface area contributed by atoms with Crippen LogP contribution in [-0.2, 0) is 4.79 Å². The smallest absolute Gasteiger partial charge is 0.273 e. The van der Waals surface area contributed by atoms with Crippen LogP contribution in [0.5, 0.6) is 0 Å². The third-order valence-electron chi connectivity index (χ3n) is 4.72. The Balaban J connectivity index is 1.79. The van der Waals surface area contributed by atoms with Crippen molar-refractivity contribution in [2.24, 2.45) is 0 Å². The Morgan fingerprint density at radius 2 is 1.80 bits per heavy atom. The lowest BCUT2D eigenvalue weighted by Crippen LogP contribution is -2.05. The van der Waals surface area contributed by atoms with E-state index in [4.69, 9.17) is 4.98 Å². The van der Waals surface area contributed by atoms with E-state index in [9.17, 15) is 9.59 Å². The molecule has 0 aliphatic carbocycles. The number of carbonyl (C=O) groups excluding carboxylic acids is 1. The largest absolute Gasteiger partial charge is 0.326 e. The minimum absolute atomic E-state index is 0.0992. The Morgan fingerprint density at radius 1 is 1.07 bits per heavy atom. The van der Waals surface area contributed by atoms with Crippen LogP contribution in [0.25, 0.3) is 22.2 Å². The van der Waals surface area contributed by atoms with Crippen LogP contribution in [0.2, 0.25) is 0 Å². The molecule has 4 rings (SSSR count). The number of fused-ring (bicyclic) bond motifs is 1. The second-order valence-corrected chi connectivity index (χ2v) is 8.47. The number of aromatic nitrogens is 3. The third-order valence-corrected chi connectivity index (χ3v) is 5.79. The van der Waals surface area contributed by atoms with Gasteiger partial charge in [0, 0.05) is 33.5 Å². The summed E-state index contributed by atoms with van der Waals surface area (Å²) in [6.07, 6.45) is 0. The Bertz CT molecular complexity index is 1270. The summed E-state index contributed by atoms with van der Waals surface area (Å²) in [5, 5.41) is 9.49. The molecule has 6 nitrogen and oxygen atoms in total. The molecule has 0 spiro atoms. The van der Waals surface area contributed by atoms with Gasteiger partial charge in [-0.15, -0.1) is 0 Å². The van der Waals surface area contributed by atoms with Crippen LogP contribution in [0, 0.1) is 0 Å². The highest BCUT2D eigenvalue weighted by Gasteiger charge is 2.18. The summed E-state index contributed by atoms with van der Waals surface area (Å²) in [5.74, 6) is 0.0579. The van der Waals surface area contributed by atoms with Gasteiger partial charge in [-0.05, 0) is 42.3 Å². The van der Waals surface area contributed by atoms with Gasteiger partial charge in [-0.3, -0.25) is 14.7 Å². The fraction of sp³-hybridized carbons (Fsp3) is 0.174. The van der Waals surface area contributed by atoms with Crippen LogP contribution in [-0.4, -0.2) is 21.1 Å². The van der Waals surface area contributed by atoms with E-state index >= 15 is 0 Å². The number of nitrogens with zero attached hydrogens (tertiary/aromatic N) is 1. The molecule has 0 radical (unpaired) electrons. The lowest BCUT2D eigenvalue weighted by atomic mass is 10.0. The van der Waals surface area contributed by atoms with E-state index in [2.05, 4.69) is 15.5 Å². The van der Waals surface area contributed by atoms with Gasteiger partial charge in [0.25, 0.3) is 5.56 Å². The maximum absolute atomic E-state index is 12.5. The van der Waals surface area contributed by atoms with Gasteiger partial charge in [0.05, 0.1) is 16.8 Å². The van der Waals surface area contributed by atoms with Crippen molar-refractivity contribution in [2.75, 3.05) is 5.32 Å². The molecule has 0 aliphatic heterocycles. The van der Waals surface area contributed by atoms with Gasteiger partial charge in [-0.2, -0.15) is 0 Å². The van der Waals surface area contributed by atoms with Crippen molar-refractivity contribution >= 4 is 34.3 Å². The van der Waals surface area contributed by atoms with Crippen LogP contribution in [0.4, 0.5) is 5.69 Å². The zero-order chi connectivity index (χ0) is 21.3. The van der Waals surface area contributed by atoms with Crippen molar-refractivity contribution in [3.05, 3.63) is 70.6 Å². The molecule has 0 unspecified atom stereocenters. The maximum Gasteiger partial charge on any atom is 0.273 e. The van der Waals surface area contributed by atoms with Gasteiger partial charge >= 0.3 is 0 Å². The predicted molar refractivity (Wildman–Crippen MR) is 121 cm³/mol. The second-order valence-electron chi connectivity index (χ2n) is 7.35. The van der Waals surface area contributed by atoms with Crippen molar-refractivity contribution in [3.8, 4) is 11.3 Å². The zero-order valence-corrected chi connectivity index (χ0v) is 17.8. The van der Waals surface area contributed by atoms with Gasteiger partial charge in [0.2, 0.25) is 5.91 Å². The quantitative estimate of drug-likeness (QED) is 0.418. The zero-order valence-electron chi connectivity index (χ0n) is 16.9. The number of hydrogen-bond acceptors (Lipinski definition) is 4. The van der Waals surface area contributed by atoms with Gasteiger partial charge in [0.15, 0.2) is 0 Å². The SMILES string of the molecule is CC(=O)Nc1ccc(Sc2cc(-c3c(C(C)C)[nH][nH]c3=O)nc3ccccc23)cc1. The Morgan fingerprint density at radius 3 is 2.50 bits per heavy atom. The summed E-state index contributed by atoms with van der Waals surface area (Å²) >= 11 is 1.60. The van der Waals surface area contributed by atoms with Crippen molar-refractivity contribution < 1.29 is 4.79 Å². The van der Waals surface area contributed by atoms with Crippen LogP contribution < -0.4 is 10.9 Å². The highest BCUT2D eigenvalue weighted by atomic mass is 32.2. The lowest BCUT2D eigenvalue weighted by molar-refractivity contribution is -0.114. The maximum atomic E-state index is 12.5. The first-order valence-corrected chi connectivity index (χ1v) is 10.5. The van der Waals surface area contributed by atoms with E-state index < -0.39 is 0 Å². The average molecular weight is 419 g/mol. The van der Waals surface area contributed by atoms with Crippen molar-refractivity contribution in [1.82, 2.24) is 15.2 Å². The highest BCUT2D eigenvalue weighted by Crippen LogP contribution is 2.36. The molecule has 1 amide bonds. The summed E-state index contributed by atoms with van der Waals surface area (Å²) < 4.78 is 0. The summed E-state index contributed by atoms with van der Waals surface area (Å²) in [6, 6.07) is 17.6. The van der Waals surface area contributed by atoms with Crippen molar-refractivity contribution in [3.63, 3.8) is 0 Å².